The molecule has 0 N–H and O–H groups in total. The van der Waals surface area contributed by atoms with Gasteiger partial charge in [-0.1, -0.05) is 17.7 Å². The number of pyridine rings is 1. The lowest BCUT2D eigenvalue weighted by molar-refractivity contribution is 0.103. The highest BCUT2D eigenvalue weighted by Gasteiger charge is 2.21. The summed E-state index contributed by atoms with van der Waals surface area (Å²) < 4.78 is 31.3. The molecular weight excluding hydrogens is 436 g/mol. The zero-order chi connectivity index (χ0) is 22.0. The molecule has 8 heteroatoms. The van der Waals surface area contributed by atoms with Crippen molar-refractivity contribution in [2.75, 3.05) is 0 Å². The first-order valence-corrected chi connectivity index (χ1v) is 11.3. The first-order chi connectivity index (χ1) is 14.8. The van der Waals surface area contributed by atoms with Crippen molar-refractivity contribution in [3.63, 3.8) is 0 Å². The van der Waals surface area contributed by atoms with Crippen LogP contribution in [-0.4, -0.2) is 24.2 Å². The van der Waals surface area contributed by atoms with Crippen LogP contribution >= 0.6 is 11.6 Å². The number of rotatable bonds is 6. The predicted octanol–water partition coefficient (Wildman–Crippen LogP) is 4.90. The van der Waals surface area contributed by atoms with E-state index in [9.17, 15) is 13.2 Å². The van der Waals surface area contributed by atoms with E-state index in [4.69, 9.17) is 16.0 Å². The molecule has 2 aromatic heterocycles. The van der Waals surface area contributed by atoms with Crippen molar-refractivity contribution in [1.82, 2.24) is 9.97 Å². The minimum absolute atomic E-state index is 0.142. The quantitative estimate of drug-likeness (QED) is 0.386. The van der Waals surface area contributed by atoms with Gasteiger partial charge in [0.05, 0.1) is 16.8 Å². The number of ketones is 1. The van der Waals surface area contributed by atoms with E-state index in [1.54, 1.807) is 55.7 Å². The van der Waals surface area contributed by atoms with Gasteiger partial charge in [0.25, 0.3) is 0 Å². The third-order valence-electron chi connectivity index (χ3n) is 4.75. The molecule has 2 heterocycles. The maximum Gasteiger partial charge on any atom is 0.193 e. The summed E-state index contributed by atoms with van der Waals surface area (Å²) in [6, 6.07) is 14.2. The fraction of sp³-hybridized carbons (Fsp3) is 0.0870. The summed E-state index contributed by atoms with van der Waals surface area (Å²) in [7, 11) is -3.71. The molecule has 0 radical (unpaired) electrons. The number of hydrogen-bond acceptors (Lipinski definition) is 6. The normalized spacial score (nSPS) is 11.4. The van der Waals surface area contributed by atoms with Gasteiger partial charge < -0.3 is 4.42 Å². The van der Waals surface area contributed by atoms with Crippen LogP contribution in [0.4, 0.5) is 0 Å². The zero-order valence-electron chi connectivity index (χ0n) is 16.4. The summed E-state index contributed by atoms with van der Waals surface area (Å²) in [5.74, 6) is -0.0993. The van der Waals surface area contributed by atoms with Gasteiger partial charge in [-0.3, -0.25) is 9.78 Å². The number of hydrogen-bond donors (Lipinski definition) is 0. The molecule has 0 fully saturated rings. The summed E-state index contributed by atoms with van der Waals surface area (Å²) >= 11 is 6.11. The largest absolute Gasteiger partial charge is 0.444 e. The van der Waals surface area contributed by atoms with Crippen molar-refractivity contribution in [3.05, 3.63) is 101 Å². The Morgan fingerprint density at radius 3 is 2.52 bits per heavy atom. The number of carbonyl (C=O) groups is 1. The Morgan fingerprint density at radius 2 is 1.84 bits per heavy atom. The number of oxazole rings is 1. The van der Waals surface area contributed by atoms with Gasteiger partial charge in [0.15, 0.2) is 27.8 Å². The van der Waals surface area contributed by atoms with Gasteiger partial charge in [-0.05, 0) is 61.0 Å². The minimum atomic E-state index is -3.71. The smallest absolute Gasteiger partial charge is 0.193 e. The topological polar surface area (TPSA) is 90.1 Å². The average Bonchev–Trinajstić information content (AvgIpc) is 3.29. The summed E-state index contributed by atoms with van der Waals surface area (Å²) in [6.07, 6.45) is 4.40. The highest BCUT2D eigenvalue weighted by molar-refractivity contribution is 7.90. The van der Waals surface area contributed by atoms with Crippen LogP contribution in [0.15, 0.2) is 82.7 Å². The molecule has 0 aliphatic heterocycles. The van der Waals surface area contributed by atoms with Crippen LogP contribution in [0, 0.1) is 6.92 Å². The summed E-state index contributed by atoms with van der Waals surface area (Å²) in [5.41, 5.74) is 2.45. The molecule has 2 aromatic carbocycles. The van der Waals surface area contributed by atoms with E-state index in [2.05, 4.69) is 9.97 Å². The third kappa shape index (κ3) is 4.57. The van der Waals surface area contributed by atoms with Gasteiger partial charge >= 0.3 is 0 Å². The molecule has 6 nitrogen and oxygen atoms in total. The fourth-order valence-corrected chi connectivity index (χ4v) is 4.75. The van der Waals surface area contributed by atoms with Crippen molar-refractivity contribution in [2.45, 2.75) is 17.6 Å². The first-order valence-electron chi connectivity index (χ1n) is 9.31. The Morgan fingerprint density at radius 1 is 1.06 bits per heavy atom. The van der Waals surface area contributed by atoms with Crippen LogP contribution in [-0.2, 0) is 15.6 Å². The number of aromatic nitrogens is 2. The number of aryl methyl sites for hydroxylation is 1. The van der Waals surface area contributed by atoms with Gasteiger partial charge in [0, 0.05) is 33.6 Å². The highest BCUT2D eigenvalue weighted by Crippen LogP contribution is 2.26. The highest BCUT2D eigenvalue weighted by atomic mass is 35.5. The van der Waals surface area contributed by atoms with E-state index in [0.29, 0.717) is 33.2 Å². The fourth-order valence-electron chi connectivity index (χ4n) is 3.20. The molecule has 4 aromatic rings. The molecule has 0 atom stereocenters. The van der Waals surface area contributed by atoms with E-state index in [1.165, 1.54) is 24.6 Å². The van der Waals surface area contributed by atoms with Crippen molar-refractivity contribution in [1.29, 1.82) is 0 Å². The van der Waals surface area contributed by atoms with Gasteiger partial charge in [0.2, 0.25) is 0 Å². The molecule has 31 heavy (non-hydrogen) atoms. The van der Waals surface area contributed by atoms with E-state index < -0.39 is 9.84 Å². The summed E-state index contributed by atoms with van der Waals surface area (Å²) in [5, 5.41) is 0.353. The van der Waals surface area contributed by atoms with Crippen LogP contribution in [0.25, 0.3) is 11.3 Å². The lowest BCUT2D eigenvalue weighted by Crippen LogP contribution is -2.11. The van der Waals surface area contributed by atoms with E-state index >= 15 is 0 Å². The maximum absolute atomic E-state index is 13.1. The molecule has 0 aliphatic rings. The lowest BCUT2D eigenvalue weighted by Gasteiger charge is -2.11. The molecule has 0 bridgehead atoms. The molecule has 156 valence electrons. The molecule has 0 unspecified atom stereocenters. The maximum atomic E-state index is 13.1. The van der Waals surface area contributed by atoms with Crippen LogP contribution in [0.5, 0.6) is 0 Å². The first kappa shape index (κ1) is 21.0. The summed E-state index contributed by atoms with van der Waals surface area (Å²) in [4.78, 5) is 21.2. The molecule has 4 rings (SSSR count). The minimum Gasteiger partial charge on any atom is -0.444 e. The Balaban J connectivity index is 1.66. The molecular formula is C23H17ClN2O4S. The van der Waals surface area contributed by atoms with E-state index in [-0.39, 0.29) is 22.0 Å². The second-order valence-corrected chi connectivity index (χ2v) is 9.39. The Bertz CT molecular complexity index is 1350. The zero-order valence-corrected chi connectivity index (χ0v) is 18.0. The standard InChI is InChI=1S/C23H17ClN2O4S/c1-15-10-17(8-9-26-15)23(27)21-11-19(24)5-2-18(21)13-31(28,29)20-6-3-16(4-7-20)22-12-25-14-30-22/h2-12,14H,13H2,1H3. The molecule has 0 amide bonds. The van der Waals surface area contributed by atoms with Gasteiger partial charge in [0.1, 0.15) is 0 Å². The molecule has 0 saturated carbocycles. The van der Waals surface area contributed by atoms with Gasteiger partial charge in [-0.2, -0.15) is 0 Å². The average molecular weight is 453 g/mol. The number of nitrogens with zero attached hydrogens (tertiary/aromatic N) is 2. The van der Waals surface area contributed by atoms with Gasteiger partial charge in [-0.25, -0.2) is 13.4 Å². The Kier molecular flexibility index (Phi) is 5.71. The van der Waals surface area contributed by atoms with Gasteiger partial charge in [-0.15, -0.1) is 0 Å². The number of benzene rings is 2. The monoisotopic (exact) mass is 452 g/mol. The van der Waals surface area contributed by atoms with E-state index in [1.807, 2.05) is 0 Å². The number of halogens is 1. The van der Waals surface area contributed by atoms with Crippen molar-refractivity contribution >= 4 is 27.2 Å². The van der Waals surface area contributed by atoms with Crippen molar-refractivity contribution in [2.24, 2.45) is 0 Å². The Hall–Kier alpha value is -3.29. The summed E-state index contributed by atoms with van der Waals surface area (Å²) in [6.45, 7) is 1.78. The van der Waals surface area contributed by atoms with Crippen LogP contribution in [0.2, 0.25) is 5.02 Å². The lowest BCUT2D eigenvalue weighted by atomic mass is 9.99. The van der Waals surface area contributed by atoms with Crippen molar-refractivity contribution < 1.29 is 17.6 Å². The van der Waals surface area contributed by atoms with E-state index in [0.717, 1.165) is 0 Å². The molecule has 0 spiro atoms. The third-order valence-corrected chi connectivity index (χ3v) is 6.67. The number of sulfone groups is 1. The second kappa shape index (κ2) is 8.45. The predicted molar refractivity (Wildman–Crippen MR) is 117 cm³/mol. The SMILES string of the molecule is Cc1cc(C(=O)c2cc(Cl)ccc2CS(=O)(=O)c2ccc(-c3cnco3)cc2)ccn1. The number of carbonyl (C=O) groups excluding carboxylic acids is 1. The molecule has 0 aliphatic carbocycles. The van der Waals surface area contributed by atoms with Crippen molar-refractivity contribution in [3.8, 4) is 11.3 Å². The Labute approximate surface area is 184 Å². The van der Waals surface area contributed by atoms with Crippen LogP contribution < -0.4 is 0 Å². The van der Waals surface area contributed by atoms with Crippen LogP contribution in [0.1, 0.15) is 27.2 Å². The molecule has 0 saturated heterocycles. The second-order valence-electron chi connectivity index (χ2n) is 6.97. The van der Waals surface area contributed by atoms with Crippen LogP contribution in [0.3, 0.4) is 0 Å².